The van der Waals surface area contributed by atoms with E-state index in [-0.39, 0.29) is 11.4 Å². The van der Waals surface area contributed by atoms with Gasteiger partial charge < -0.3 is 14.7 Å². The van der Waals surface area contributed by atoms with Crippen LogP contribution in [0.3, 0.4) is 0 Å². The largest absolute Gasteiger partial charge is 0.364 e. The van der Waals surface area contributed by atoms with Crippen molar-refractivity contribution < 1.29 is 9.32 Å². The molecule has 3 heterocycles. The van der Waals surface area contributed by atoms with Crippen LogP contribution in [0.5, 0.6) is 0 Å². The van der Waals surface area contributed by atoms with E-state index in [4.69, 9.17) is 4.52 Å². The summed E-state index contributed by atoms with van der Waals surface area (Å²) < 4.78 is 4.75. The molecule has 0 radical (unpaired) electrons. The molecule has 2 unspecified atom stereocenters. The number of aromatic nitrogens is 1. The number of carbonyl (C=O) groups excluding carboxylic acids is 1. The Labute approximate surface area is 100 Å². The zero-order valence-corrected chi connectivity index (χ0v) is 10.1. The van der Waals surface area contributed by atoms with E-state index in [2.05, 4.69) is 24.3 Å². The van der Waals surface area contributed by atoms with Crippen molar-refractivity contribution in [1.29, 1.82) is 0 Å². The first-order chi connectivity index (χ1) is 8.10. The summed E-state index contributed by atoms with van der Waals surface area (Å²) in [5, 5.41) is 7.14. The Morgan fingerprint density at radius 1 is 1.59 bits per heavy atom. The van der Waals surface area contributed by atoms with Crippen LogP contribution in [0.1, 0.15) is 24.3 Å². The van der Waals surface area contributed by atoms with Gasteiger partial charge in [-0.05, 0) is 25.7 Å². The summed E-state index contributed by atoms with van der Waals surface area (Å²) in [7, 11) is 0. The van der Waals surface area contributed by atoms with Gasteiger partial charge in [0.2, 0.25) is 0 Å². The minimum atomic E-state index is -0.107. The van der Waals surface area contributed by atoms with Crippen molar-refractivity contribution in [3.63, 3.8) is 0 Å². The number of likely N-dealkylation sites (tertiary alicyclic amines) is 1. The van der Waals surface area contributed by atoms with Crippen molar-refractivity contribution in [2.75, 3.05) is 19.6 Å². The van der Waals surface area contributed by atoms with Gasteiger partial charge in [0.05, 0.1) is 0 Å². The monoisotopic (exact) mass is 235 g/mol. The number of carbonyl (C=O) groups is 1. The van der Waals surface area contributed by atoms with Crippen LogP contribution >= 0.6 is 0 Å². The number of amides is 1. The molecule has 17 heavy (non-hydrogen) atoms. The lowest BCUT2D eigenvalue weighted by molar-refractivity contribution is 0.0593. The van der Waals surface area contributed by atoms with Crippen LogP contribution in [0.2, 0.25) is 0 Å². The van der Waals surface area contributed by atoms with Gasteiger partial charge >= 0.3 is 0 Å². The van der Waals surface area contributed by atoms with E-state index in [1.54, 1.807) is 6.07 Å². The highest BCUT2D eigenvalue weighted by atomic mass is 16.5. The number of fused-ring (bicyclic) bond motifs is 1. The van der Waals surface area contributed by atoms with Crippen molar-refractivity contribution in [3.8, 4) is 0 Å². The summed E-state index contributed by atoms with van der Waals surface area (Å²) in [5.74, 6) is 1.09. The number of nitrogens with one attached hydrogen (secondary N) is 1. The summed E-state index contributed by atoms with van der Waals surface area (Å²) in [6.45, 7) is 7.11. The van der Waals surface area contributed by atoms with Gasteiger partial charge in [0.15, 0.2) is 5.69 Å². The van der Waals surface area contributed by atoms with Crippen molar-refractivity contribution in [2.24, 2.45) is 11.8 Å². The molecule has 1 N–H and O–H groups in total. The van der Waals surface area contributed by atoms with Gasteiger partial charge in [-0.1, -0.05) is 5.16 Å². The van der Waals surface area contributed by atoms with Crippen LogP contribution in [0.4, 0.5) is 0 Å². The second kappa shape index (κ2) is 3.57. The standard InChI is InChI=1S/C12H17N3O2/c1-12(2)9-6-13-5-8(9)7-15(12)11(16)10-3-4-17-14-10/h3-4,8-9,13H,5-7H2,1-2H3. The van der Waals surface area contributed by atoms with E-state index >= 15 is 0 Å². The van der Waals surface area contributed by atoms with E-state index in [9.17, 15) is 4.79 Å². The Bertz CT molecular complexity index is 427. The predicted molar refractivity (Wildman–Crippen MR) is 61.5 cm³/mol. The van der Waals surface area contributed by atoms with Crippen LogP contribution in [-0.4, -0.2) is 41.1 Å². The van der Waals surface area contributed by atoms with Crippen molar-refractivity contribution >= 4 is 5.91 Å². The average molecular weight is 235 g/mol. The topological polar surface area (TPSA) is 58.4 Å². The molecule has 0 saturated carbocycles. The van der Waals surface area contributed by atoms with Gasteiger partial charge in [-0.2, -0.15) is 0 Å². The average Bonchev–Trinajstić information content (AvgIpc) is 2.97. The third-order valence-corrected chi connectivity index (χ3v) is 4.26. The molecule has 5 nitrogen and oxygen atoms in total. The second-order valence-corrected chi connectivity index (χ2v) is 5.48. The second-order valence-electron chi connectivity index (χ2n) is 5.48. The smallest absolute Gasteiger partial charge is 0.276 e. The Morgan fingerprint density at radius 3 is 3.06 bits per heavy atom. The number of nitrogens with zero attached hydrogens (tertiary/aromatic N) is 2. The van der Waals surface area contributed by atoms with Gasteiger partial charge in [-0.15, -0.1) is 0 Å². The number of hydrogen-bond acceptors (Lipinski definition) is 4. The fraction of sp³-hybridized carbons (Fsp3) is 0.667. The lowest BCUT2D eigenvalue weighted by atomic mass is 9.85. The molecule has 1 aromatic rings. The van der Waals surface area contributed by atoms with Crippen molar-refractivity contribution in [3.05, 3.63) is 18.0 Å². The van der Waals surface area contributed by atoms with Gasteiger partial charge in [0.25, 0.3) is 5.91 Å². The highest BCUT2D eigenvalue weighted by Gasteiger charge is 2.51. The first-order valence-corrected chi connectivity index (χ1v) is 6.04. The van der Waals surface area contributed by atoms with Crippen LogP contribution in [0.25, 0.3) is 0 Å². The van der Waals surface area contributed by atoms with E-state index in [0.29, 0.717) is 17.5 Å². The molecule has 2 aliphatic heterocycles. The molecule has 0 aromatic carbocycles. The van der Waals surface area contributed by atoms with Crippen molar-refractivity contribution in [2.45, 2.75) is 19.4 Å². The van der Waals surface area contributed by atoms with E-state index in [1.807, 2.05) is 4.90 Å². The molecule has 2 fully saturated rings. The van der Waals surface area contributed by atoms with Crippen molar-refractivity contribution in [1.82, 2.24) is 15.4 Å². The highest BCUT2D eigenvalue weighted by molar-refractivity contribution is 5.92. The maximum absolute atomic E-state index is 12.3. The summed E-state index contributed by atoms with van der Waals surface area (Å²) in [6.07, 6.45) is 1.44. The van der Waals surface area contributed by atoms with Gasteiger partial charge in [0, 0.05) is 31.2 Å². The van der Waals surface area contributed by atoms with Crippen LogP contribution in [-0.2, 0) is 0 Å². The zero-order valence-electron chi connectivity index (χ0n) is 10.1. The van der Waals surface area contributed by atoms with E-state index in [0.717, 1.165) is 19.6 Å². The molecule has 3 rings (SSSR count). The lowest BCUT2D eigenvalue weighted by Crippen LogP contribution is -2.47. The molecule has 2 aliphatic rings. The maximum atomic E-state index is 12.3. The van der Waals surface area contributed by atoms with E-state index < -0.39 is 0 Å². The zero-order chi connectivity index (χ0) is 12.0. The predicted octanol–water partition coefficient (Wildman–Crippen LogP) is 0.745. The molecule has 5 heteroatoms. The Morgan fingerprint density at radius 2 is 2.41 bits per heavy atom. The molecular formula is C12H17N3O2. The quantitative estimate of drug-likeness (QED) is 0.780. The molecule has 2 atom stereocenters. The molecule has 0 aliphatic carbocycles. The maximum Gasteiger partial charge on any atom is 0.276 e. The number of rotatable bonds is 1. The molecular weight excluding hydrogens is 218 g/mol. The minimum absolute atomic E-state index is 0.0156. The summed E-state index contributed by atoms with van der Waals surface area (Å²) in [6, 6.07) is 1.63. The lowest BCUT2D eigenvalue weighted by Gasteiger charge is -2.35. The molecule has 92 valence electrons. The number of hydrogen-bond donors (Lipinski definition) is 1. The van der Waals surface area contributed by atoms with Crippen LogP contribution in [0.15, 0.2) is 16.9 Å². The van der Waals surface area contributed by atoms with Gasteiger partial charge in [-0.25, -0.2) is 0 Å². The van der Waals surface area contributed by atoms with Gasteiger partial charge in [0.1, 0.15) is 6.26 Å². The van der Waals surface area contributed by atoms with E-state index in [1.165, 1.54) is 6.26 Å². The molecule has 1 aromatic heterocycles. The first kappa shape index (κ1) is 10.8. The molecule has 2 saturated heterocycles. The van der Waals surface area contributed by atoms with Crippen LogP contribution < -0.4 is 5.32 Å². The third kappa shape index (κ3) is 1.49. The normalized spacial score (nSPS) is 30.6. The summed E-state index contributed by atoms with van der Waals surface area (Å²) in [4.78, 5) is 14.3. The SMILES string of the molecule is CC1(C)C2CNCC2CN1C(=O)c1ccon1. The Hall–Kier alpha value is -1.36. The third-order valence-electron chi connectivity index (χ3n) is 4.26. The Kier molecular flexibility index (Phi) is 2.26. The first-order valence-electron chi connectivity index (χ1n) is 6.04. The fourth-order valence-electron chi connectivity index (χ4n) is 3.23. The molecule has 0 bridgehead atoms. The van der Waals surface area contributed by atoms with Gasteiger partial charge in [-0.3, -0.25) is 4.79 Å². The highest BCUT2D eigenvalue weighted by Crippen LogP contribution is 2.41. The Balaban J connectivity index is 1.87. The summed E-state index contributed by atoms with van der Waals surface area (Å²) >= 11 is 0. The summed E-state index contributed by atoms with van der Waals surface area (Å²) in [5.41, 5.74) is 0.301. The minimum Gasteiger partial charge on any atom is -0.364 e. The fourth-order valence-corrected chi connectivity index (χ4v) is 3.23. The van der Waals surface area contributed by atoms with Crippen LogP contribution in [0, 0.1) is 11.8 Å². The molecule has 0 spiro atoms. The molecule has 1 amide bonds.